The molecule has 0 atom stereocenters. The predicted octanol–water partition coefficient (Wildman–Crippen LogP) is 1.39. The van der Waals surface area contributed by atoms with E-state index in [1.165, 1.54) is 0 Å². The molecule has 2 rings (SSSR count). The summed E-state index contributed by atoms with van der Waals surface area (Å²) in [6.45, 7) is 7.25. The monoisotopic (exact) mass is 252 g/mol. The van der Waals surface area contributed by atoms with E-state index < -0.39 is 0 Å². The van der Waals surface area contributed by atoms with Crippen molar-refractivity contribution in [1.29, 1.82) is 0 Å². The van der Waals surface area contributed by atoms with Crippen LogP contribution in [-0.4, -0.2) is 34.6 Å². The molecular weight excluding hydrogens is 228 g/mol. The molecule has 1 fully saturated rings. The zero-order valence-electron chi connectivity index (χ0n) is 11.4. The van der Waals surface area contributed by atoms with Crippen molar-refractivity contribution in [2.75, 3.05) is 30.3 Å². The highest BCUT2D eigenvalue weighted by Gasteiger charge is 2.24. The highest BCUT2D eigenvalue weighted by Crippen LogP contribution is 2.30. The lowest BCUT2D eigenvalue weighted by atomic mass is 9.98. The third-order valence-electron chi connectivity index (χ3n) is 3.75. The van der Waals surface area contributed by atoms with Gasteiger partial charge in [-0.15, -0.1) is 0 Å². The van der Waals surface area contributed by atoms with E-state index in [0.717, 1.165) is 56.1 Å². The Balaban J connectivity index is 2.17. The van der Waals surface area contributed by atoms with Gasteiger partial charge < -0.3 is 15.7 Å². The van der Waals surface area contributed by atoms with Crippen LogP contribution in [0.25, 0.3) is 0 Å². The molecule has 102 valence electrons. The Bertz CT molecular complexity index is 394. The van der Waals surface area contributed by atoms with Gasteiger partial charge in [0.2, 0.25) is 0 Å². The van der Waals surface area contributed by atoms with E-state index in [-0.39, 0.29) is 0 Å². The van der Waals surface area contributed by atoms with Crippen molar-refractivity contribution in [3.63, 3.8) is 0 Å². The second kappa shape index (κ2) is 5.61. The van der Waals surface area contributed by atoms with E-state index in [0.29, 0.717) is 12.5 Å². The summed E-state index contributed by atoms with van der Waals surface area (Å²) in [6.07, 6.45) is 3.12. The van der Waals surface area contributed by atoms with Crippen molar-refractivity contribution in [2.24, 2.45) is 5.92 Å². The fourth-order valence-electron chi connectivity index (χ4n) is 2.61. The number of hydrogen-bond acceptors (Lipinski definition) is 4. The Morgan fingerprint density at radius 1 is 1.39 bits per heavy atom. The van der Waals surface area contributed by atoms with Crippen molar-refractivity contribution in [2.45, 2.75) is 39.7 Å². The van der Waals surface area contributed by atoms with Gasteiger partial charge in [-0.25, -0.2) is 4.68 Å². The van der Waals surface area contributed by atoms with Gasteiger partial charge in [-0.05, 0) is 32.1 Å². The van der Waals surface area contributed by atoms with E-state index >= 15 is 0 Å². The maximum absolute atomic E-state index is 9.18. The molecule has 0 bridgehead atoms. The lowest BCUT2D eigenvalue weighted by Gasteiger charge is -2.33. The summed E-state index contributed by atoms with van der Waals surface area (Å²) >= 11 is 0. The molecule has 0 spiro atoms. The van der Waals surface area contributed by atoms with Crippen LogP contribution in [0.4, 0.5) is 11.5 Å². The molecule has 0 saturated carbocycles. The number of aryl methyl sites for hydroxylation is 2. The summed E-state index contributed by atoms with van der Waals surface area (Å²) in [4.78, 5) is 2.32. The van der Waals surface area contributed by atoms with E-state index in [4.69, 9.17) is 5.73 Å². The lowest BCUT2D eigenvalue weighted by molar-refractivity contribution is 0.202. The predicted molar refractivity (Wildman–Crippen MR) is 73.7 cm³/mol. The Labute approximate surface area is 109 Å². The van der Waals surface area contributed by atoms with E-state index in [1.54, 1.807) is 0 Å². The van der Waals surface area contributed by atoms with Crippen molar-refractivity contribution in [3.8, 4) is 0 Å². The fourth-order valence-corrected chi connectivity index (χ4v) is 2.61. The number of aliphatic hydroxyl groups is 1. The topological polar surface area (TPSA) is 67.3 Å². The van der Waals surface area contributed by atoms with Gasteiger partial charge in [-0.1, -0.05) is 6.92 Å². The molecule has 2 heterocycles. The minimum absolute atomic E-state index is 0.302. The second-order valence-corrected chi connectivity index (χ2v) is 5.16. The van der Waals surface area contributed by atoms with Crippen LogP contribution < -0.4 is 10.6 Å². The van der Waals surface area contributed by atoms with E-state index in [1.807, 2.05) is 11.6 Å². The molecule has 1 aliphatic rings. The minimum atomic E-state index is 0.302. The zero-order chi connectivity index (χ0) is 13.1. The van der Waals surface area contributed by atoms with Crippen LogP contribution in [0, 0.1) is 12.8 Å². The molecule has 18 heavy (non-hydrogen) atoms. The van der Waals surface area contributed by atoms with Crippen LogP contribution in [0.2, 0.25) is 0 Å². The third-order valence-corrected chi connectivity index (χ3v) is 3.75. The zero-order valence-corrected chi connectivity index (χ0v) is 11.4. The van der Waals surface area contributed by atoms with Crippen LogP contribution in [0.5, 0.6) is 0 Å². The number of aromatic nitrogens is 2. The van der Waals surface area contributed by atoms with Gasteiger partial charge in [-0.2, -0.15) is 5.10 Å². The average Bonchev–Trinajstić information content (AvgIpc) is 2.66. The van der Waals surface area contributed by atoms with Gasteiger partial charge >= 0.3 is 0 Å². The Kier molecular flexibility index (Phi) is 4.11. The normalized spacial score (nSPS) is 17.4. The molecule has 1 aromatic heterocycles. The maximum atomic E-state index is 9.18. The fraction of sp³-hybridized carbons (Fsp3) is 0.769. The van der Waals surface area contributed by atoms with Crippen LogP contribution in [-0.2, 0) is 6.54 Å². The maximum Gasteiger partial charge on any atom is 0.150 e. The first kappa shape index (κ1) is 13.2. The van der Waals surface area contributed by atoms with Gasteiger partial charge in [-0.3, -0.25) is 0 Å². The summed E-state index contributed by atoms with van der Waals surface area (Å²) in [6, 6.07) is 0. The van der Waals surface area contributed by atoms with Crippen molar-refractivity contribution < 1.29 is 5.11 Å². The molecule has 0 aromatic carbocycles. The molecule has 1 aliphatic heterocycles. The van der Waals surface area contributed by atoms with Crippen molar-refractivity contribution in [3.05, 3.63) is 5.69 Å². The highest BCUT2D eigenvalue weighted by molar-refractivity contribution is 5.66. The number of rotatable bonds is 4. The van der Waals surface area contributed by atoms with Gasteiger partial charge in [0.1, 0.15) is 0 Å². The summed E-state index contributed by atoms with van der Waals surface area (Å²) in [5.74, 6) is 1.52. The van der Waals surface area contributed by atoms with Crippen molar-refractivity contribution in [1.82, 2.24) is 9.78 Å². The summed E-state index contributed by atoms with van der Waals surface area (Å²) in [5.41, 5.74) is 7.89. The number of hydrogen-bond donors (Lipinski definition) is 2. The third kappa shape index (κ3) is 2.46. The Morgan fingerprint density at radius 3 is 2.61 bits per heavy atom. The molecule has 0 aliphatic carbocycles. The quantitative estimate of drug-likeness (QED) is 0.850. The molecular formula is C13H24N4O. The smallest absolute Gasteiger partial charge is 0.150 e. The SMILES string of the molecule is CCCn1nc(C)c(N)c1N1CCC(CO)CC1. The number of aliphatic hydroxyl groups excluding tert-OH is 1. The molecule has 1 saturated heterocycles. The molecule has 3 N–H and O–H groups in total. The first-order chi connectivity index (χ1) is 8.67. The summed E-state index contributed by atoms with van der Waals surface area (Å²) in [7, 11) is 0. The number of nitrogens with zero attached hydrogens (tertiary/aromatic N) is 3. The van der Waals surface area contributed by atoms with Gasteiger partial charge in [0.05, 0.1) is 11.4 Å². The molecule has 5 nitrogen and oxygen atoms in total. The van der Waals surface area contributed by atoms with Crippen LogP contribution in [0.15, 0.2) is 0 Å². The molecule has 1 aromatic rings. The van der Waals surface area contributed by atoms with Crippen molar-refractivity contribution >= 4 is 11.5 Å². The number of nitrogen functional groups attached to an aromatic ring is 1. The first-order valence-corrected chi connectivity index (χ1v) is 6.86. The van der Waals surface area contributed by atoms with Gasteiger partial charge in [0, 0.05) is 26.2 Å². The summed E-state index contributed by atoms with van der Waals surface area (Å²) < 4.78 is 2.03. The first-order valence-electron chi connectivity index (χ1n) is 6.86. The molecule has 0 radical (unpaired) electrons. The van der Waals surface area contributed by atoms with E-state index in [9.17, 15) is 5.11 Å². The van der Waals surface area contributed by atoms with E-state index in [2.05, 4.69) is 16.9 Å². The largest absolute Gasteiger partial charge is 0.396 e. The average molecular weight is 252 g/mol. The standard InChI is InChI=1S/C13H24N4O/c1-3-6-17-13(12(14)10(2)15-17)16-7-4-11(9-18)5-8-16/h11,18H,3-9,14H2,1-2H3. The molecule has 5 heteroatoms. The Morgan fingerprint density at radius 2 is 2.06 bits per heavy atom. The summed E-state index contributed by atoms with van der Waals surface area (Å²) in [5, 5.41) is 13.7. The molecule has 0 unspecified atom stereocenters. The molecule has 0 amide bonds. The minimum Gasteiger partial charge on any atom is -0.396 e. The number of anilines is 2. The van der Waals surface area contributed by atoms with Gasteiger partial charge in [0.15, 0.2) is 5.82 Å². The number of nitrogens with two attached hydrogens (primary N) is 1. The lowest BCUT2D eigenvalue weighted by Crippen LogP contribution is -2.36. The second-order valence-electron chi connectivity index (χ2n) is 5.16. The number of piperidine rings is 1. The Hall–Kier alpha value is -1.23. The van der Waals surface area contributed by atoms with Gasteiger partial charge in [0.25, 0.3) is 0 Å². The van der Waals surface area contributed by atoms with Crippen LogP contribution >= 0.6 is 0 Å². The highest BCUT2D eigenvalue weighted by atomic mass is 16.3. The van der Waals surface area contributed by atoms with Crippen LogP contribution in [0.3, 0.4) is 0 Å². The van der Waals surface area contributed by atoms with Crippen LogP contribution in [0.1, 0.15) is 31.9 Å².